The molecule has 5 nitrogen and oxygen atoms in total. The van der Waals surface area contributed by atoms with E-state index in [9.17, 15) is 10.1 Å². The van der Waals surface area contributed by atoms with Gasteiger partial charge in [0, 0.05) is 23.3 Å². The highest BCUT2D eigenvalue weighted by molar-refractivity contribution is 6.17. The highest BCUT2D eigenvalue weighted by Crippen LogP contribution is 2.26. The van der Waals surface area contributed by atoms with Crippen LogP contribution in [0.15, 0.2) is 35.0 Å². The molecule has 0 saturated heterocycles. The molecule has 0 aliphatic carbocycles. The third kappa shape index (κ3) is 1.90. The number of halogens is 1. The standard InChI is InChI=1S/C10H7ClN2O3/c11-5-8-6-12-16-10(8)7-1-3-9(4-2-7)13(14)15/h1-4,6H,5H2. The minimum absolute atomic E-state index is 0.0377. The molecule has 82 valence electrons. The summed E-state index contributed by atoms with van der Waals surface area (Å²) in [5.74, 6) is 0.834. The average Bonchev–Trinajstić information content (AvgIpc) is 2.77. The van der Waals surface area contributed by atoms with Gasteiger partial charge in [-0.25, -0.2) is 0 Å². The van der Waals surface area contributed by atoms with E-state index in [1.807, 2.05) is 0 Å². The van der Waals surface area contributed by atoms with Crippen LogP contribution in [0.3, 0.4) is 0 Å². The maximum atomic E-state index is 10.5. The zero-order valence-corrected chi connectivity index (χ0v) is 8.85. The van der Waals surface area contributed by atoms with Gasteiger partial charge in [-0.2, -0.15) is 0 Å². The number of rotatable bonds is 3. The summed E-state index contributed by atoms with van der Waals surface area (Å²) in [7, 11) is 0. The van der Waals surface area contributed by atoms with Crippen molar-refractivity contribution in [1.82, 2.24) is 5.16 Å². The summed E-state index contributed by atoms with van der Waals surface area (Å²) in [5, 5.41) is 14.1. The molecule has 0 aliphatic heterocycles. The Hall–Kier alpha value is -1.88. The van der Waals surface area contributed by atoms with E-state index in [1.54, 1.807) is 12.1 Å². The maximum absolute atomic E-state index is 10.5. The molecule has 6 heteroatoms. The van der Waals surface area contributed by atoms with E-state index in [1.165, 1.54) is 18.3 Å². The fraction of sp³-hybridized carbons (Fsp3) is 0.100. The number of alkyl halides is 1. The van der Waals surface area contributed by atoms with E-state index in [0.717, 1.165) is 11.1 Å². The van der Waals surface area contributed by atoms with Gasteiger partial charge in [-0.15, -0.1) is 11.6 Å². The highest BCUT2D eigenvalue weighted by atomic mass is 35.5. The first-order valence-corrected chi connectivity index (χ1v) is 5.00. The van der Waals surface area contributed by atoms with Gasteiger partial charge >= 0.3 is 0 Å². The van der Waals surface area contributed by atoms with E-state index < -0.39 is 4.92 Å². The van der Waals surface area contributed by atoms with Crippen LogP contribution in [0.5, 0.6) is 0 Å². The number of aromatic nitrogens is 1. The first-order valence-electron chi connectivity index (χ1n) is 4.46. The Morgan fingerprint density at radius 1 is 1.38 bits per heavy atom. The topological polar surface area (TPSA) is 69.2 Å². The van der Waals surface area contributed by atoms with E-state index in [4.69, 9.17) is 16.1 Å². The van der Waals surface area contributed by atoms with Crippen LogP contribution in [-0.2, 0) is 5.88 Å². The summed E-state index contributed by atoms with van der Waals surface area (Å²) in [5.41, 5.74) is 1.52. The molecule has 0 N–H and O–H groups in total. The summed E-state index contributed by atoms with van der Waals surface area (Å²) in [6.45, 7) is 0. The number of hydrogen-bond donors (Lipinski definition) is 0. The smallest absolute Gasteiger partial charge is 0.269 e. The Bertz CT molecular complexity index is 507. The van der Waals surface area contributed by atoms with Crippen LogP contribution in [0.4, 0.5) is 5.69 Å². The molecule has 0 bridgehead atoms. The molecule has 0 radical (unpaired) electrons. The molecular formula is C10H7ClN2O3. The van der Waals surface area contributed by atoms with E-state index in [2.05, 4.69) is 5.16 Å². The molecule has 2 aromatic rings. The molecule has 0 fully saturated rings. The van der Waals surface area contributed by atoms with Gasteiger partial charge in [-0.1, -0.05) is 5.16 Å². The van der Waals surface area contributed by atoms with Gasteiger partial charge in [0.25, 0.3) is 5.69 Å². The van der Waals surface area contributed by atoms with Crippen LogP contribution in [0, 0.1) is 10.1 Å². The molecule has 0 saturated carbocycles. The first-order chi connectivity index (χ1) is 7.72. The second kappa shape index (κ2) is 4.32. The second-order valence-electron chi connectivity index (χ2n) is 3.12. The summed E-state index contributed by atoms with van der Waals surface area (Å²) in [4.78, 5) is 10.0. The van der Waals surface area contributed by atoms with Crippen molar-refractivity contribution in [3.05, 3.63) is 46.1 Å². The Morgan fingerprint density at radius 2 is 2.06 bits per heavy atom. The van der Waals surface area contributed by atoms with Crippen LogP contribution in [0.1, 0.15) is 5.56 Å². The van der Waals surface area contributed by atoms with Crippen LogP contribution in [-0.4, -0.2) is 10.1 Å². The number of nitro benzene ring substituents is 1. The monoisotopic (exact) mass is 238 g/mol. The first kappa shape index (κ1) is 10.6. The quantitative estimate of drug-likeness (QED) is 0.468. The Kier molecular flexibility index (Phi) is 2.87. The summed E-state index contributed by atoms with van der Waals surface area (Å²) >= 11 is 5.70. The van der Waals surface area contributed by atoms with E-state index >= 15 is 0 Å². The second-order valence-corrected chi connectivity index (χ2v) is 3.39. The Balaban J connectivity index is 2.38. The lowest BCUT2D eigenvalue weighted by Gasteiger charge is -1.97. The van der Waals surface area contributed by atoms with Crippen molar-refractivity contribution in [2.45, 2.75) is 5.88 Å². The highest BCUT2D eigenvalue weighted by Gasteiger charge is 2.11. The molecule has 1 aromatic heterocycles. The van der Waals surface area contributed by atoms with Gasteiger partial charge < -0.3 is 4.52 Å². The molecular weight excluding hydrogens is 232 g/mol. The van der Waals surface area contributed by atoms with E-state index in [-0.39, 0.29) is 11.6 Å². The maximum Gasteiger partial charge on any atom is 0.269 e. The van der Waals surface area contributed by atoms with Crippen molar-refractivity contribution in [2.75, 3.05) is 0 Å². The number of non-ortho nitro benzene ring substituents is 1. The SMILES string of the molecule is O=[N+]([O-])c1ccc(-c2oncc2CCl)cc1. The third-order valence-corrected chi connectivity index (χ3v) is 2.42. The van der Waals surface area contributed by atoms with Gasteiger partial charge in [0.15, 0.2) is 5.76 Å². The molecule has 16 heavy (non-hydrogen) atoms. The number of nitro groups is 1. The van der Waals surface area contributed by atoms with E-state index in [0.29, 0.717) is 5.76 Å². The Morgan fingerprint density at radius 3 is 2.62 bits per heavy atom. The predicted octanol–water partition coefficient (Wildman–Crippen LogP) is 2.99. The zero-order valence-electron chi connectivity index (χ0n) is 8.09. The van der Waals surface area contributed by atoms with Crippen LogP contribution < -0.4 is 0 Å². The lowest BCUT2D eigenvalue weighted by molar-refractivity contribution is -0.384. The summed E-state index contributed by atoms with van der Waals surface area (Å²) in [6, 6.07) is 6.04. The summed E-state index contributed by atoms with van der Waals surface area (Å²) in [6.07, 6.45) is 1.53. The van der Waals surface area contributed by atoms with Gasteiger partial charge in [0.2, 0.25) is 0 Å². The number of benzene rings is 1. The van der Waals surface area contributed by atoms with Crippen molar-refractivity contribution in [2.24, 2.45) is 0 Å². The normalized spacial score (nSPS) is 10.3. The van der Waals surface area contributed by atoms with Crippen LogP contribution in [0.25, 0.3) is 11.3 Å². The number of nitrogens with zero attached hydrogens (tertiary/aromatic N) is 2. The molecule has 0 atom stereocenters. The minimum Gasteiger partial charge on any atom is -0.356 e. The van der Waals surface area contributed by atoms with Crippen molar-refractivity contribution >= 4 is 17.3 Å². The minimum atomic E-state index is -0.452. The number of hydrogen-bond acceptors (Lipinski definition) is 4. The van der Waals surface area contributed by atoms with Gasteiger partial charge in [-0.3, -0.25) is 10.1 Å². The molecule has 1 aromatic carbocycles. The largest absolute Gasteiger partial charge is 0.356 e. The predicted molar refractivity (Wildman–Crippen MR) is 58.2 cm³/mol. The average molecular weight is 239 g/mol. The van der Waals surface area contributed by atoms with Gasteiger partial charge in [-0.05, 0) is 12.1 Å². The molecule has 0 spiro atoms. The van der Waals surface area contributed by atoms with Crippen LogP contribution in [0.2, 0.25) is 0 Å². The van der Waals surface area contributed by atoms with Crippen molar-refractivity contribution < 1.29 is 9.45 Å². The summed E-state index contributed by atoms with van der Waals surface area (Å²) < 4.78 is 5.04. The lowest BCUT2D eigenvalue weighted by atomic mass is 10.1. The van der Waals surface area contributed by atoms with Crippen molar-refractivity contribution in [3.63, 3.8) is 0 Å². The van der Waals surface area contributed by atoms with Gasteiger partial charge in [0.05, 0.1) is 17.0 Å². The molecule has 0 unspecified atom stereocenters. The lowest BCUT2D eigenvalue weighted by Crippen LogP contribution is -1.87. The molecule has 0 aliphatic rings. The fourth-order valence-corrected chi connectivity index (χ4v) is 1.52. The van der Waals surface area contributed by atoms with Gasteiger partial charge in [0.1, 0.15) is 0 Å². The fourth-order valence-electron chi connectivity index (χ4n) is 1.33. The van der Waals surface area contributed by atoms with Crippen LogP contribution >= 0.6 is 11.6 Å². The van der Waals surface area contributed by atoms with Crippen molar-refractivity contribution in [1.29, 1.82) is 0 Å². The third-order valence-electron chi connectivity index (χ3n) is 2.13. The van der Waals surface area contributed by atoms with Crippen molar-refractivity contribution in [3.8, 4) is 11.3 Å². The Labute approximate surface area is 95.8 Å². The molecule has 0 amide bonds. The zero-order chi connectivity index (χ0) is 11.5. The molecule has 1 heterocycles. The molecule has 2 rings (SSSR count).